The molecule has 0 aromatic carbocycles. The van der Waals surface area contributed by atoms with E-state index in [0.29, 0.717) is 5.92 Å². The van der Waals surface area contributed by atoms with Gasteiger partial charge in [-0.15, -0.1) is 0 Å². The molecular formula is C17H31N3S. The van der Waals surface area contributed by atoms with Crippen molar-refractivity contribution in [3.05, 3.63) is 22.8 Å². The molecule has 1 heterocycles. The van der Waals surface area contributed by atoms with Crippen LogP contribution in [0, 0.1) is 19.8 Å². The molecule has 0 radical (unpaired) electrons. The van der Waals surface area contributed by atoms with Crippen LogP contribution in [0.1, 0.15) is 56.4 Å². The summed E-state index contributed by atoms with van der Waals surface area (Å²) in [6, 6.07) is 0. The van der Waals surface area contributed by atoms with Crippen LogP contribution < -0.4 is 5.32 Å². The quantitative estimate of drug-likeness (QED) is 0.665. The van der Waals surface area contributed by atoms with Gasteiger partial charge >= 0.3 is 0 Å². The molecule has 1 aromatic heterocycles. The molecule has 1 N–H and O–H groups in total. The number of aryl methyl sites for hydroxylation is 2. The Morgan fingerprint density at radius 3 is 2.33 bits per heavy atom. The molecule has 1 atom stereocenters. The van der Waals surface area contributed by atoms with Gasteiger partial charge in [0.15, 0.2) is 0 Å². The van der Waals surface area contributed by atoms with Crippen molar-refractivity contribution in [3.63, 3.8) is 0 Å². The highest BCUT2D eigenvalue weighted by Crippen LogP contribution is 2.17. The van der Waals surface area contributed by atoms with Gasteiger partial charge in [-0.05, 0) is 63.4 Å². The van der Waals surface area contributed by atoms with E-state index < -0.39 is 0 Å². The third-order valence-electron chi connectivity index (χ3n) is 3.52. The van der Waals surface area contributed by atoms with Crippen molar-refractivity contribution in [2.75, 3.05) is 18.8 Å². The fourth-order valence-corrected chi connectivity index (χ4v) is 3.17. The van der Waals surface area contributed by atoms with Crippen LogP contribution in [0.4, 0.5) is 0 Å². The van der Waals surface area contributed by atoms with Gasteiger partial charge in [0.05, 0.1) is 5.75 Å². The Morgan fingerprint density at radius 2 is 1.76 bits per heavy atom. The Morgan fingerprint density at radius 1 is 1.10 bits per heavy atom. The van der Waals surface area contributed by atoms with Crippen molar-refractivity contribution in [2.24, 2.45) is 5.92 Å². The Bertz CT molecular complexity index is 397. The molecule has 1 rings (SSSR count). The highest BCUT2D eigenvalue weighted by Gasteiger charge is 2.12. The number of thioether (sulfide) groups is 1. The molecule has 0 saturated carbocycles. The predicted octanol–water partition coefficient (Wildman–Crippen LogP) is 3.91. The van der Waals surface area contributed by atoms with Crippen LogP contribution in [0.25, 0.3) is 0 Å². The van der Waals surface area contributed by atoms with Crippen molar-refractivity contribution in [2.45, 2.75) is 59.6 Å². The lowest BCUT2D eigenvalue weighted by molar-refractivity contribution is 0.507. The van der Waals surface area contributed by atoms with Gasteiger partial charge in [0.25, 0.3) is 0 Å². The monoisotopic (exact) mass is 309 g/mol. The van der Waals surface area contributed by atoms with Gasteiger partial charge in [-0.1, -0.05) is 20.8 Å². The molecule has 0 amide bonds. The summed E-state index contributed by atoms with van der Waals surface area (Å²) in [5.74, 6) is 3.73. The van der Waals surface area contributed by atoms with E-state index in [-0.39, 0.29) is 0 Å². The lowest BCUT2D eigenvalue weighted by atomic mass is 9.98. The lowest BCUT2D eigenvalue weighted by Crippen LogP contribution is -2.23. The third kappa shape index (κ3) is 6.79. The first-order valence-corrected chi connectivity index (χ1v) is 9.35. The van der Waals surface area contributed by atoms with E-state index in [1.807, 2.05) is 11.8 Å². The molecule has 0 saturated heterocycles. The smallest absolute Gasteiger partial charge is 0.138 e. The van der Waals surface area contributed by atoms with Crippen LogP contribution in [0.5, 0.6) is 0 Å². The predicted molar refractivity (Wildman–Crippen MR) is 94.0 cm³/mol. The van der Waals surface area contributed by atoms with E-state index in [1.165, 1.54) is 24.2 Å². The first-order chi connectivity index (χ1) is 10.1. The fraction of sp³-hybridized carbons (Fsp3) is 0.765. The second kappa shape index (κ2) is 10.2. The van der Waals surface area contributed by atoms with Crippen molar-refractivity contribution in [3.8, 4) is 0 Å². The van der Waals surface area contributed by atoms with Crippen molar-refractivity contribution in [1.29, 1.82) is 0 Å². The molecular weight excluding hydrogens is 278 g/mol. The van der Waals surface area contributed by atoms with Crippen LogP contribution in [-0.4, -0.2) is 28.8 Å². The number of aromatic nitrogens is 2. The van der Waals surface area contributed by atoms with Gasteiger partial charge in [-0.3, -0.25) is 0 Å². The van der Waals surface area contributed by atoms with Gasteiger partial charge in [-0.2, -0.15) is 11.8 Å². The third-order valence-corrected chi connectivity index (χ3v) is 4.68. The maximum absolute atomic E-state index is 4.70. The van der Waals surface area contributed by atoms with Crippen molar-refractivity contribution < 1.29 is 0 Å². The minimum Gasteiger partial charge on any atom is -0.316 e. The fourth-order valence-electron chi connectivity index (χ4n) is 2.42. The van der Waals surface area contributed by atoms with Crippen LogP contribution in [0.2, 0.25) is 0 Å². The number of nitrogens with one attached hydrogen (secondary N) is 1. The Kier molecular flexibility index (Phi) is 8.93. The Balaban J connectivity index is 2.62. The zero-order chi connectivity index (χ0) is 15.7. The summed E-state index contributed by atoms with van der Waals surface area (Å²) in [4.78, 5) is 9.41. The summed E-state index contributed by atoms with van der Waals surface area (Å²) in [5.41, 5.74) is 3.67. The summed E-state index contributed by atoms with van der Waals surface area (Å²) in [7, 11) is 0. The normalized spacial score (nSPS) is 12.6. The summed E-state index contributed by atoms with van der Waals surface area (Å²) in [6.07, 6.45) is 3.47. The Labute approximate surface area is 134 Å². The first-order valence-electron chi connectivity index (χ1n) is 8.19. The molecule has 0 fully saturated rings. The molecule has 0 aliphatic rings. The van der Waals surface area contributed by atoms with E-state index in [4.69, 9.17) is 9.97 Å². The topological polar surface area (TPSA) is 37.8 Å². The van der Waals surface area contributed by atoms with Gasteiger partial charge in [-0.25, -0.2) is 9.97 Å². The van der Waals surface area contributed by atoms with Gasteiger partial charge in [0.1, 0.15) is 5.82 Å². The standard InChI is InChI=1S/C17H31N3S/c1-6-8-18-11-13(3)10-16-14(4)19-17(20-15(16)5)12-21-9-7-2/h13,18H,6-12H2,1-5H3. The van der Waals surface area contributed by atoms with E-state index >= 15 is 0 Å². The Hall–Kier alpha value is -0.610. The average Bonchev–Trinajstić information content (AvgIpc) is 2.43. The molecule has 0 bridgehead atoms. The van der Waals surface area contributed by atoms with Crippen LogP contribution >= 0.6 is 11.8 Å². The minimum atomic E-state index is 0.623. The number of hydrogen-bond acceptors (Lipinski definition) is 4. The van der Waals surface area contributed by atoms with E-state index in [0.717, 1.165) is 42.5 Å². The molecule has 1 aromatic rings. The summed E-state index contributed by atoms with van der Waals surface area (Å²) in [6.45, 7) is 13.1. The molecule has 0 aliphatic heterocycles. The molecule has 120 valence electrons. The summed E-state index contributed by atoms with van der Waals surface area (Å²) in [5, 5.41) is 3.50. The average molecular weight is 310 g/mol. The maximum Gasteiger partial charge on any atom is 0.138 e. The molecule has 0 aliphatic carbocycles. The molecule has 3 nitrogen and oxygen atoms in total. The minimum absolute atomic E-state index is 0.623. The number of hydrogen-bond donors (Lipinski definition) is 1. The second-order valence-electron chi connectivity index (χ2n) is 5.86. The molecule has 0 spiro atoms. The molecule has 4 heteroatoms. The van der Waals surface area contributed by atoms with Crippen LogP contribution in [0.3, 0.4) is 0 Å². The van der Waals surface area contributed by atoms with Gasteiger partial charge < -0.3 is 5.32 Å². The first kappa shape index (κ1) is 18.4. The highest BCUT2D eigenvalue weighted by atomic mass is 32.2. The summed E-state index contributed by atoms with van der Waals surface area (Å²) >= 11 is 1.92. The van der Waals surface area contributed by atoms with E-state index in [9.17, 15) is 0 Å². The van der Waals surface area contributed by atoms with Crippen molar-refractivity contribution in [1.82, 2.24) is 15.3 Å². The SMILES string of the molecule is CCCNCC(C)Cc1c(C)nc(CSCCC)nc1C. The van der Waals surface area contributed by atoms with Crippen LogP contribution in [-0.2, 0) is 12.2 Å². The van der Waals surface area contributed by atoms with Gasteiger partial charge in [0.2, 0.25) is 0 Å². The van der Waals surface area contributed by atoms with E-state index in [1.54, 1.807) is 0 Å². The zero-order valence-electron chi connectivity index (χ0n) is 14.3. The highest BCUT2D eigenvalue weighted by molar-refractivity contribution is 7.98. The second-order valence-corrected chi connectivity index (χ2v) is 6.96. The van der Waals surface area contributed by atoms with Crippen LogP contribution in [0.15, 0.2) is 0 Å². The molecule has 21 heavy (non-hydrogen) atoms. The molecule has 1 unspecified atom stereocenters. The zero-order valence-corrected chi connectivity index (χ0v) is 15.1. The maximum atomic E-state index is 4.70. The van der Waals surface area contributed by atoms with Gasteiger partial charge in [0, 0.05) is 11.4 Å². The largest absolute Gasteiger partial charge is 0.316 e. The van der Waals surface area contributed by atoms with E-state index in [2.05, 4.69) is 39.9 Å². The number of nitrogens with zero attached hydrogens (tertiary/aromatic N) is 2. The number of rotatable bonds is 10. The summed E-state index contributed by atoms with van der Waals surface area (Å²) < 4.78 is 0. The van der Waals surface area contributed by atoms with Crippen molar-refractivity contribution >= 4 is 11.8 Å². The lowest BCUT2D eigenvalue weighted by Gasteiger charge is -2.16.